The second-order valence-corrected chi connectivity index (χ2v) is 18.8. The highest BCUT2D eigenvalue weighted by Crippen LogP contribution is 2.28. The molecular weight excluding hydrogens is 416 g/mol. The summed E-state index contributed by atoms with van der Waals surface area (Å²) in [4.78, 5) is 11.4. The number of carbonyl (C=O) groups is 1. The van der Waals surface area contributed by atoms with Gasteiger partial charge >= 0.3 is 5.97 Å². The van der Waals surface area contributed by atoms with E-state index in [1.807, 2.05) is 0 Å². The Bertz CT molecular complexity index is 427. The van der Waals surface area contributed by atoms with Gasteiger partial charge in [0.05, 0.1) is 13.2 Å². The van der Waals surface area contributed by atoms with Gasteiger partial charge in [-0.1, -0.05) is 48.1 Å². The highest BCUT2D eigenvalue weighted by Gasteiger charge is 2.37. The maximum absolute atomic E-state index is 11.4. The third-order valence-electron chi connectivity index (χ3n) is 6.15. The van der Waals surface area contributed by atoms with Crippen molar-refractivity contribution in [3.63, 3.8) is 0 Å². The quantitative estimate of drug-likeness (QED) is 0.0899. The van der Waals surface area contributed by atoms with Gasteiger partial charge in [-0.15, -0.1) is 0 Å². The topological polar surface area (TPSA) is 54.0 Å². The molecular formula is C21H46O5Si3. The molecule has 0 N–H and O–H groups in total. The number of esters is 1. The van der Waals surface area contributed by atoms with E-state index in [0.29, 0.717) is 18.8 Å². The molecule has 172 valence electrons. The molecule has 0 atom stereocenters. The van der Waals surface area contributed by atoms with Crippen LogP contribution in [-0.4, -0.2) is 51.9 Å². The molecule has 0 aliphatic carbocycles. The van der Waals surface area contributed by atoms with Gasteiger partial charge in [-0.3, -0.25) is 0 Å². The van der Waals surface area contributed by atoms with Crippen LogP contribution >= 0.6 is 0 Å². The molecule has 5 nitrogen and oxygen atoms in total. The molecule has 0 aromatic rings. The first kappa shape index (κ1) is 28.7. The third-order valence-corrected chi connectivity index (χ3v) is 16.7. The van der Waals surface area contributed by atoms with E-state index in [0.717, 1.165) is 48.7 Å². The molecule has 0 radical (unpaired) electrons. The van der Waals surface area contributed by atoms with Crippen molar-refractivity contribution in [3.05, 3.63) is 12.2 Å². The van der Waals surface area contributed by atoms with Crippen LogP contribution in [0, 0.1) is 0 Å². The van der Waals surface area contributed by atoms with E-state index < -0.39 is 26.4 Å². The van der Waals surface area contributed by atoms with E-state index in [2.05, 4.69) is 48.1 Å². The van der Waals surface area contributed by atoms with E-state index in [1.165, 1.54) is 0 Å². The average Bonchev–Trinajstić information content (AvgIpc) is 2.74. The summed E-state index contributed by atoms with van der Waals surface area (Å²) < 4.78 is 24.6. The zero-order valence-corrected chi connectivity index (χ0v) is 23.5. The normalized spacial score (nSPS) is 12.8. The summed E-state index contributed by atoms with van der Waals surface area (Å²) in [5.74, 6) is -0.311. The van der Waals surface area contributed by atoms with Crippen LogP contribution in [0.2, 0.25) is 42.3 Å². The molecule has 0 aromatic carbocycles. The Morgan fingerprint density at radius 2 is 1.34 bits per heavy atom. The smallest absolute Gasteiger partial charge is 0.333 e. The molecule has 0 heterocycles. The Hall–Kier alpha value is -0.259. The van der Waals surface area contributed by atoms with Crippen molar-refractivity contribution in [3.8, 4) is 0 Å². The fraction of sp³-hybridized carbons (Fsp3) is 0.857. The van der Waals surface area contributed by atoms with Gasteiger partial charge in [0.1, 0.15) is 0 Å². The van der Waals surface area contributed by atoms with Crippen molar-refractivity contribution in [1.29, 1.82) is 0 Å². The Balaban J connectivity index is 4.71. The van der Waals surface area contributed by atoms with Gasteiger partial charge in [0, 0.05) is 5.57 Å². The Labute approximate surface area is 184 Å². The average molecular weight is 463 g/mol. The van der Waals surface area contributed by atoms with Crippen LogP contribution in [0.1, 0.15) is 54.9 Å². The van der Waals surface area contributed by atoms with Crippen LogP contribution in [-0.2, 0) is 22.8 Å². The minimum atomic E-state index is -1.76. The first-order chi connectivity index (χ1) is 13.8. The number of hydrogen-bond donors (Lipinski definition) is 0. The maximum Gasteiger partial charge on any atom is 0.333 e. The summed E-state index contributed by atoms with van der Waals surface area (Å²) in [5, 5.41) is 0. The van der Waals surface area contributed by atoms with Crippen LogP contribution in [0.25, 0.3) is 0 Å². The lowest BCUT2D eigenvalue weighted by atomic mass is 10.4. The molecule has 0 aliphatic heterocycles. The van der Waals surface area contributed by atoms with Gasteiger partial charge < -0.3 is 18.0 Å². The lowest BCUT2D eigenvalue weighted by Crippen LogP contribution is -2.48. The summed E-state index contributed by atoms with van der Waals surface area (Å²) >= 11 is 0. The van der Waals surface area contributed by atoms with E-state index in [1.54, 1.807) is 6.92 Å². The van der Waals surface area contributed by atoms with Crippen molar-refractivity contribution in [2.24, 2.45) is 0 Å². The number of carbonyl (C=O) groups excluding carboxylic acids is 1. The molecule has 0 aromatic heterocycles. The van der Waals surface area contributed by atoms with Crippen LogP contribution in [0.4, 0.5) is 0 Å². The van der Waals surface area contributed by atoms with E-state index in [9.17, 15) is 4.79 Å². The van der Waals surface area contributed by atoms with Crippen molar-refractivity contribution in [2.45, 2.75) is 103 Å². The Morgan fingerprint density at radius 3 is 1.72 bits per heavy atom. The highest BCUT2D eigenvalue weighted by atomic mass is 28.4. The van der Waals surface area contributed by atoms with Gasteiger partial charge in [-0.2, -0.15) is 0 Å². The predicted octanol–water partition coefficient (Wildman–Crippen LogP) is 5.38. The molecule has 8 heteroatoms. The first-order valence-electron chi connectivity index (χ1n) is 11.5. The van der Waals surface area contributed by atoms with Gasteiger partial charge in [-0.25, -0.2) is 4.79 Å². The molecule has 0 aliphatic rings. The molecule has 0 fully saturated rings. The zero-order valence-electron chi connectivity index (χ0n) is 20.1. The number of ether oxygens (including phenoxy) is 1. The maximum atomic E-state index is 11.4. The molecule has 0 unspecified atom stereocenters. The number of rotatable bonds is 18. The monoisotopic (exact) mass is 462 g/mol. The SMILES string of the molecule is C=C(C)C(=O)OCCC[SiH2]OCC(O[Si](CC)(CC)CC)O[Si](CC)(CC)CC. The minimum Gasteiger partial charge on any atom is -0.462 e. The predicted molar refractivity (Wildman–Crippen MR) is 130 cm³/mol. The fourth-order valence-corrected chi connectivity index (χ4v) is 9.84. The standard InChI is InChI=1S/C21H46O5Si3/c1-9-28(10-2,11-3)25-20(26-29(12-4,13-5)14-6)18-24-27-17-15-16-23-21(22)19(7)8/h20H,7,9-18,27H2,1-6,8H3. The Kier molecular flexibility index (Phi) is 15.4. The molecule has 0 saturated carbocycles. The summed E-state index contributed by atoms with van der Waals surface area (Å²) in [6.07, 6.45) is 0.619. The van der Waals surface area contributed by atoms with Crippen LogP contribution in [0.5, 0.6) is 0 Å². The molecule has 0 spiro atoms. The van der Waals surface area contributed by atoms with Gasteiger partial charge in [-0.05, 0) is 55.7 Å². The van der Waals surface area contributed by atoms with Crippen molar-refractivity contribution in [1.82, 2.24) is 0 Å². The lowest BCUT2D eigenvalue weighted by molar-refractivity contribution is -0.138. The zero-order chi connectivity index (χ0) is 22.3. The summed E-state index contributed by atoms with van der Waals surface area (Å²) in [6, 6.07) is 7.67. The lowest BCUT2D eigenvalue weighted by Gasteiger charge is -2.38. The van der Waals surface area contributed by atoms with E-state index in [4.69, 9.17) is 18.0 Å². The second kappa shape index (κ2) is 15.5. The van der Waals surface area contributed by atoms with E-state index in [-0.39, 0.29) is 12.3 Å². The Morgan fingerprint density at radius 1 is 0.897 bits per heavy atom. The molecule has 0 saturated heterocycles. The summed E-state index contributed by atoms with van der Waals surface area (Å²) in [5.41, 5.74) is 0.446. The van der Waals surface area contributed by atoms with Crippen molar-refractivity contribution in [2.75, 3.05) is 13.2 Å². The summed E-state index contributed by atoms with van der Waals surface area (Å²) in [7, 11) is -4.19. The van der Waals surface area contributed by atoms with Crippen molar-refractivity contribution >= 4 is 32.4 Å². The fourth-order valence-electron chi connectivity index (χ4n) is 3.42. The van der Waals surface area contributed by atoms with Crippen LogP contribution in [0.3, 0.4) is 0 Å². The molecule has 0 bridgehead atoms. The number of hydrogen-bond acceptors (Lipinski definition) is 5. The van der Waals surface area contributed by atoms with Gasteiger partial charge in [0.25, 0.3) is 0 Å². The van der Waals surface area contributed by atoms with Crippen LogP contribution < -0.4 is 0 Å². The van der Waals surface area contributed by atoms with Gasteiger partial charge in [0.15, 0.2) is 32.7 Å². The first-order valence-corrected chi connectivity index (χ1v) is 18.2. The largest absolute Gasteiger partial charge is 0.462 e. The molecule has 29 heavy (non-hydrogen) atoms. The summed E-state index contributed by atoms with van der Waals surface area (Å²) in [6.45, 7) is 19.8. The van der Waals surface area contributed by atoms with E-state index >= 15 is 0 Å². The minimum absolute atomic E-state index is 0.221. The second-order valence-electron chi connectivity index (χ2n) is 7.85. The molecule has 0 amide bonds. The van der Waals surface area contributed by atoms with Gasteiger partial charge in [0.2, 0.25) is 0 Å². The molecule has 0 rings (SSSR count). The van der Waals surface area contributed by atoms with Crippen LogP contribution in [0.15, 0.2) is 12.2 Å². The third kappa shape index (κ3) is 10.5. The van der Waals surface area contributed by atoms with Crippen molar-refractivity contribution < 1.29 is 22.8 Å². The highest BCUT2D eigenvalue weighted by molar-refractivity contribution is 6.74.